The van der Waals surface area contributed by atoms with Gasteiger partial charge < -0.3 is 14.2 Å². The fourth-order valence-electron chi connectivity index (χ4n) is 2.83. The molecule has 3 rings (SSSR count). The summed E-state index contributed by atoms with van der Waals surface area (Å²) in [5.41, 5.74) is 0.342. The van der Waals surface area contributed by atoms with Gasteiger partial charge in [0, 0.05) is 37.8 Å². The molecule has 0 radical (unpaired) electrons. The molecule has 1 aromatic carbocycles. The van der Waals surface area contributed by atoms with Crippen molar-refractivity contribution in [2.24, 2.45) is 0 Å². The number of furan rings is 1. The third-order valence-electron chi connectivity index (χ3n) is 4.18. The van der Waals surface area contributed by atoms with Gasteiger partial charge in [-0.15, -0.1) is 0 Å². The van der Waals surface area contributed by atoms with Crippen LogP contribution in [0.3, 0.4) is 0 Å². The smallest absolute Gasteiger partial charge is 0.289 e. The van der Waals surface area contributed by atoms with Crippen molar-refractivity contribution in [3.8, 4) is 0 Å². The first kappa shape index (κ1) is 16.7. The molecule has 0 bridgehead atoms. The normalized spacial score (nSPS) is 14.4. The van der Waals surface area contributed by atoms with Crippen molar-refractivity contribution in [1.82, 2.24) is 9.80 Å². The van der Waals surface area contributed by atoms with E-state index in [9.17, 15) is 19.7 Å². The molecule has 1 aliphatic rings. The lowest BCUT2D eigenvalue weighted by atomic mass is 10.1. The van der Waals surface area contributed by atoms with Crippen molar-refractivity contribution < 1.29 is 18.9 Å². The van der Waals surface area contributed by atoms with Gasteiger partial charge in [0.15, 0.2) is 5.76 Å². The number of nitrogens with zero attached hydrogens (tertiary/aromatic N) is 3. The van der Waals surface area contributed by atoms with Gasteiger partial charge in [0.1, 0.15) is 0 Å². The summed E-state index contributed by atoms with van der Waals surface area (Å²) in [6.07, 6.45) is 1.42. The Bertz CT molecular complexity index is 779. The standard InChI is InChI=1S/C17H17N3O5/c21-16(12-13-4-1-2-5-14(13)20(23)24)18-7-9-19(10-8-18)17(22)15-6-3-11-25-15/h1-6,11H,7-10,12H2. The zero-order valence-corrected chi connectivity index (χ0v) is 13.5. The molecule has 1 saturated heterocycles. The van der Waals surface area contributed by atoms with Gasteiger partial charge in [-0.25, -0.2) is 0 Å². The zero-order chi connectivity index (χ0) is 17.8. The van der Waals surface area contributed by atoms with E-state index in [2.05, 4.69) is 0 Å². The first-order valence-corrected chi connectivity index (χ1v) is 7.89. The number of carbonyl (C=O) groups is 2. The minimum atomic E-state index is -0.484. The molecule has 130 valence electrons. The minimum absolute atomic E-state index is 0.0245. The molecule has 0 N–H and O–H groups in total. The molecule has 2 aromatic rings. The van der Waals surface area contributed by atoms with E-state index in [1.54, 1.807) is 40.1 Å². The maximum absolute atomic E-state index is 12.4. The van der Waals surface area contributed by atoms with E-state index in [0.29, 0.717) is 31.7 Å². The van der Waals surface area contributed by atoms with E-state index >= 15 is 0 Å². The molecule has 0 unspecified atom stereocenters. The summed E-state index contributed by atoms with van der Waals surface area (Å²) < 4.78 is 5.10. The zero-order valence-electron chi connectivity index (χ0n) is 13.5. The van der Waals surface area contributed by atoms with Crippen LogP contribution in [0.1, 0.15) is 16.1 Å². The van der Waals surface area contributed by atoms with Crippen LogP contribution in [0.25, 0.3) is 0 Å². The summed E-state index contributed by atoms with van der Waals surface area (Å²) in [4.78, 5) is 38.4. The maximum atomic E-state index is 12.4. The Labute approximate surface area is 143 Å². The average molecular weight is 343 g/mol. The highest BCUT2D eigenvalue weighted by atomic mass is 16.6. The Balaban J connectivity index is 1.59. The van der Waals surface area contributed by atoms with E-state index in [4.69, 9.17) is 4.42 Å². The summed E-state index contributed by atoms with van der Waals surface area (Å²) in [5.74, 6) is -0.102. The van der Waals surface area contributed by atoms with Crippen molar-refractivity contribution in [2.75, 3.05) is 26.2 Å². The van der Waals surface area contributed by atoms with Gasteiger partial charge in [0.25, 0.3) is 11.6 Å². The van der Waals surface area contributed by atoms with Gasteiger partial charge >= 0.3 is 0 Å². The first-order valence-electron chi connectivity index (χ1n) is 7.89. The van der Waals surface area contributed by atoms with Crippen molar-refractivity contribution >= 4 is 17.5 Å². The van der Waals surface area contributed by atoms with Crippen LogP contribution in [0.2, 0.25) is 0 Å². The molecule has 8 nitrogen and oxygen atoms in total. The summed E-state index contributed by atoms with van der Waals surface area (Å²) in [7, 11) is 0. The van der Waals surface area contributed by atoms with Crippen molar-refractivity contribution in [2.45, 2.75) is 6.42 Å². The molecule has 25 heavy (non-hydrogen) atoms. The highest BCUT2D eigenvalue weighted by Crippen LogP contribution is 2.19. The highest BCUT2D eigenvalue weighted by Gasteiger charge is 2.27. The molecular weight excluding hydrogens is 326 g/mol. The van der Waals surface area contributed by atoms with Gasteiger partial charge in [0.05, 0.1) is 17.6 Å². The SMILES string of the molecule is O=C(Cc1ccccc1[N+](=O)[O-])N1CCN(C(=O)c2ccco2)CC1. The molecule has 2 amide bonds. The minimum Gasteiger partial charge on any atom is -0.459 e. The summed E-state index contributed by atoms with van der Waals surface area (Å²) in [6, 6.07) is 9.49. The molecule has 8 heteroatoms. The number of hydrogen-bond acceptors (Lipinski definition) is 5. The van der Waals surface area contributed by atoms with Gasteiger partial charge in [-0.05, 0) is 12.1 Å². The fraction of sp³-hybridized carbons (Fsp3) is 0.294. The molecule has 0 spiro atoms. The second-order valence-corrected chi connectivity index (χ2v) is 5.71. The maximum Gasteiger partial charge on any atom is 0.289 e. The van der Waals surface area contributed by atoms with E-state index in [1.165, 1.54) is 12.3 Å². The number of nitro groups is 1. The van der Waals surface area contributed by atoms with Gasteiger partial charge in [-0.3, -0.25) is 19.7 Å². The number of para-hydroxylation sites is 1. The molecule has 2 heterocycles. The van der Waals surface area contributed by atoms with Gasteiger partial charge in [-0.2, -0.15) is 0 Å². The Morgan fingerprint density at radius 3 is 2.36 bits per heavy atom. The Morgan fingerprint density at radius 1 is 1.04 bits per heavy atom. The van der Waals surface area contributed by atoms with Crippen LogP contribution in [0.5, 0.6) is 0 Å². The lowest BCUT2D eigenvalue weighted by Crippen LogP contribution is -2.50. The molecule has 0 aliphatic carbocycles. The van der Waals surface area contributed by atoms with E-state index < -0.39 is 4.92 Å². The van der Waals surface area contributed by atoms with Crippen LogP contribution in [0, 0.1) is 10.1 Å². The lowest BCUT2D eigenvalue weighted by Gasteiger charge is -2.34. The average Bonchev–Trinajstić information content (AvgIpc) is 3.16. The Morgan fingerprint density at radius 2 is 1.72 bits per heavy atom. The molecular formula is C17H17N3O5. The van der Waals surface area contributed by atoms with Gasteiger partial charge in [0.2, 0.25) is 5.91 Å². The van der Waals surface area contributed by atoms with Crippen molar-refractivity contribution in [1.29, 1.82) is 0 Å². The second kappa shape index (κ2) is 7.16. The van der Waals surface area contributed by atoms with Crippen molar-refractivity contribution in [3.63, 3.8) is 0 Å². The summed E-state index contributed by atoms with van der Waals surface area (Å²) in [6.45, 7) is 1.60. The van der Waals surface area contributed by atoms with Crippen LogP contribution in [-0.4, -0.2) is 52.7 Å². The predicted octanol–water partition coefficient (Wildman–Crippen LogP) is 1.71. The van der Waals surface area contributed by atoms with Crippen LogP contribution >= 0.6 is 0 Å². The largest absolute Gasteiger partial charge is 0.459 e. The molecule has 1 fully saturated rings. The number of benzene rings is 1. The molecule has 0 saturated carbocycles. The second-order valence-electron chi connectivity index (χ2n) is 5.71. The summed E-state index contributed by atoms with van der Waals surface area (Å²) in [5, 5.41) is 11.0. The van der Waals surface area contributed by atoms with Crippen LogP contribution in [-0.2, 0) is 11.2 Å². The number of carbonyl (C=O) groups excluding carboxylic acids is 2. The van der Waals surface area contributed by atoms with Crippen LogP contribution in [0.15, 0.2) is 47.1 Å². The number of nitro benzene ring substituents is 1. The third-order valence-corrected chi connectivity index (χ3v) is 4.18. The van der Waals surface area contributed by atoms with E-state index in [1.807, 2.05) is 0 Å². The number of rotatable bonds is 4. The van der Waals surface area contributed by atoms with Crippen molar-refractivity contribution in [3.05, 3.63) is 64.1 Å². The molecule has 0 atom stereocenters. The molecule has 1 aromatic heterocycles. The van der Waals surface area contributed by atoms with E-state index in [0.717, 1.165) is 0 Å². The number of amides is 2. The molecule has 1 aliphatic heterocycles. The lowest BCUT2D eigenvalue weighted by molar-refractivity contribution is -0.385. The van der Waals surface area contributed by atoms with E-state index in [-0.39, 0.29) is 29.7 Å². The highest BCUT2D eigenvalue weighted by molar-refractivity contribution is 5.91. The Kier molecular flexibility index (Phi) is 4.78. The monoisotopic (exact) mass is 343 g/mol. The van der Waals surface area contributed by atoms with Crippen LogP contribution < -0.4 is 0 Å². The first-order chi connectivity index (χ1) is 12.1. The fourth-order valence-corrected chi connectivity index (χ4v) is 2.83. The summed E-state index contributed by atoms with van der Waals surface area (Å²) >= 11 is 0. The van der Waals surface area contributed by atoms with Crippen LogP contribution in [0.4, 0.5) is 5.69 Å². The van der Waals surface area contributed by atoms with Gasteiger partial charge in [-0.1, -0.05) is 18.2 Å². The number of piperazine rings is 1. The predicted molar refractivity (Wildman–Crippen MR) is 88.0 cm³/mol. The number of hydrogen-bond donors (Lipinski definition) is 0. The Hall–Kier alpha value is -3.16. The third kappa shape index (κ3) is 3.68. The topological polar surface area (TPSA) is 96.9 Å². The quantitative estimate of drug-likeness (QED) is 0.622.